The predicted octanol–water partition coefficient (Wildman–Crippen LogP) is 18.6. The van der Waals surface area contributed by atoms with Gasteiger partial charge in [-0.2, -0.15) is 0 Å². The summed E-state index contributed by atoms with van der Waals surface area (Å²) in [6.45, 7) is 0. The van der Waals surface area contributed by atoms with Gasteiger partial charge in [-0.1, -0.05) is 249 Å². The van der Waals surface area contributed by atoms with Crippen molar-refractivity contribution in [3.05, 3.63) is 336 Å². The van der Waals surface area contributed by atoms with E-state index in [0.717, 1.165) is 17.1 Å². The van der Waals surface area contributed by atoms with Crippen molar-refractivity contribution in [3.63, 3.8) is 0 Å². The summed E-state index contributed by atoms with van der Waals surface area (Å²) >= 11 is 0. The van der Waals surface area contributed by atoms with E-state index in [4.69, 9.17) is 0 Å². The fourth-order valence-corrected chi connectivity index (χ4v) is 14.1. The predicted molar refractivity (Wildman–Crippen MR) is 315 cm³/mol. The maximum Gasteiger partial charge on any atom is 0.0755 e. The molecule has 1 spiro atoms. The molecule has 2 nitrogen and oxygen atoms in total. The van der Waals surface area contributed by atoms with Crippen LogP contribution in [0.5, 0.6) is 0 Å². The number of fused-ring (bicyclic) bond motifs is 15. The van der Waals surface area contributed by atoms with Crippen LogP contribution in [-0.4, -0.2) is 4.57 Å². The van der Waals surface area contributed by atoms with E-state index >= 15 is 0 Å². The standard InChI is InChI=1S/C74H48N2/c1-4-20-49(21-5-1)50-38-40-51(41-39-50)52-42-44-55(45-43-52)75(56-46-47-58-57-26-10-13-30-62(57)73(67(58)48-56,53-22-6-2-7-23-53)54-24-8-3-9-25-54)70-37-19-33-65-71(70)61-28-11-14-31-63(61)74(65)64-32-15-17-36-69(64)76-68-35-16-12-27-59(68)60-29-18-34-66(74)72(60)76/h1-48H. The average Bonchev–Trinajstić information content (AvgIpc) is 4.32. The largest absolute Gasteiger partial charge is 0.310 e. The van der Waals surface area contributed by atoms with Crippen LogP contribution in [0.4, 0.5) is 17.1 Å². The van der Waals surface area contributed by atoms with Crippen molar-refractivity contribution in [2.75, 3.05) is 4.90 Å². The molecule has 2 heteroatoms. The van der Waals surface area contributed by atoms with Crippen LogP contribution in [0.25, 0.3) is 72.0 Å². The molecule has 1 aliphatic heterocycles. The molecule has 0 bridgehead atoms. The van der Waals surface area contributed by atoms with Crippen LogP contribution in [0.3, 0.4) is 0 Å². The molecular formula is C74H48N2. The fraction of sp³-hybridized carbons (Fsp3) is 0.0270. The minimum absolute atomic E-state index is 0.565. The van der Waals surface area contributed by atoms with Gasteiger partial charge in [0.05, 0.1) is 33.2 Å². The van der Waals surface area contributed by atoms with E-state index in [1.165, 1.54) is 117 Å². The molecule has 354 valence electrons. The van der Waals surface area contributed by atoms with Gasteiger partial charge in [0.2, 0.25) is 0 Å². The second-order valence-electron chi connectivity index (χ2n) is 20.6. The minimum atomic E-state index is -0.598. The summed E-state index contributed by atoms with van der Waals surface area (Å²) in [4.78, 5) is 2.55. The lowest BCUT2D eigenvalue weighted by molar-refractivity contribution is 0.748. The van der Waals surface area contributed by atoms with E-state index in [1.807, 2.05) is 0 Å². The van der Waals surface area contributed by atoms with Gasteiger partial charge >= 0.3 is 0 Å². The zero-order chi connectivity index (χ0) is 50.0. The molecule has 76 heavy (non-hydrogen) atoms. The first-order chi connectivity index (χ1) is 37.7. The number of aromatic nitrogens is 1. The van der Waals surface area contributed by atoms with Crippen LogP contribution in [0.2, 0.25) is 0 Å². The Hall–Kier alpha value is -9.76. The summed E-state index contributed by atoms with van der Waals surface area (Å²) in [6, 6.07) is 109. The number of anilines is 3. The Balaban J connectivity index is 0.961. The van der Waals surface area contributed by atoms with E-state index in [2.05, 4.69) is 301 Å². The van der Waals surface area contributed by atoms with Gasteiger partial charge in [-0.3, -0.25) is 0 Å². The first kappa shape index (κ1) is 42.7. The van der Waals surface area contributed by atoms with Crippen molar-refractivity contribution in [3.8, 4) is 50.2 Å². The van der Waals surface area contributed by atoms with Crippen LogP contribution in [-0.2, 0) is 10.8 Å². The molecule has 1 atom stereocenters. The lowest BCUT2D eigenvalue weighted by atomic mass is 9.65. The van der Waals surface area contributed by atoms with Gasteiger partial charge in [0.15, 0.2) is 0 Å². The summed E-state index contributed by atoms with van der Waals surface area (Å²) in [7, 11) is 0. The Kier molecular flexibility index (Phi) is 9.20. The number of nitrogens with zero attached hydrogens (tertiary/aromatic N) is 2. The van der Waals surface area contributed by atoms with E-state index < -0.39 is 10.8 Å². The number of para-hydroxylation sites is 3. The highest BCUT2D eigenvalue weighted by molar-refractivity contribution is 6.13. The van der Waals surface area contributed by atoms with E-state index in [1.54, 1.807) is 0 Å². The van der Waals surface area contributed by atoms with Crippen molar-refractivity contribution < 1.29 is 0 Å². The topological polar surface area (TPSA) is 8.17 Å². The third-order valence-electron chi connectivity index (χ3n) is 17.1. The molecule has 0 radical (unpaired) electrons. The molecule has 0 saturated heterocycles. The van der Waals surface area contributed by atoms with Crippen LogP contribution in [0.15, 0.2) is 291 Å². The summed E-state index contributed by atoms with van der Waals surface area (Å²) in [5.74, 6) is 0. The first-order valence-electron chi connectivity index (χ1n) is 26.5. The van der Waals surface area contributed by atoms with Crippen LogP contribution < -0.4 is 4.90 Å². The minimum Gasteiger partial charge on any atom is -0.310 e. The van der Waals surface area contributed by atoms with Gasteiger partial charge in [-0.25, -0.2) is 0 Å². The van der Waals surface area contributed by atoms with Gasteiger partial charge in [0.25, 0.3) is 0 Å². The average molecular weight is 965 g/mol. The lowest BCUT2D eigenvalue weighted by Crippen LogP contribution is -2.33. The maximum absolute atomic E-state index is 2.55. The Morgan fingerprint density at radius 1 is 0.289 bits per heavy atom. The number of benzene rings is 12. The Morgan fingerprint density at radius 3 is 1.49 bits per heavy atom. The molecule has 13 aromatic rings. The molecule has 1 aromatic heterocycles. The number of hydrogen-bond donors (Lipinski definition) is 0. The molecule has 2 heterocycles. The Labute approximate surface area is 442 Å². The highest BCUT2D eigenvalue weighted by Gasteiger charge is 2.52. The monoisotopic (exact) mass is 964 g/mol. The zero-order valence-corrected chi connectivity index (χ0v) is 41.6. The lowest BCUT2D eigenvalue weighted by Gasteiger charge is -2.39. The highest BCUT2D eigenvalue weighted by Crippen LogP contribution is 2.64. The van der Waals surface area contributed by atoms with Gasteiger partial charge in [-0.15, -0.1) is 0 Å². The van der Waals surface area contributed by atoms with Gasteiger partial charge in [-0.05, 0) is 126 Å². The highest BCUT2D eigenvalue weighted by atomic mass is 15.1. The summed E-state index contributed by atoms with van der Waals surface area (Å²) < 4.78 is 2.53. The molecule has 16 rings (SSSR count). The van der Waals surface area contributed by atoms with E-state index in [-0.39, 0.29) is 0 Å². The van der Waals surface area contributed by atoms with Crippen molar-refractivity contribution >= 4 is 38.9 Å². The first-order valence-corrected chi connectivity index (χ1v) is 26.5. The van der Waals surface area contributed by atoms with Crippen molar-refractivity contribution in [1.29, 1.82) is 0 Å². The normalized spacial score (nSPS) is 15.0. The van der Waals surface area contributed by atoms with Crippen LogP contribution in [0.1, 0.15) is 44.5 Å². The third kappa shape index (κ3) is 5.76. The molecule has 0 fully saturated rings. The molecule has 0 amide bonds. The van der Waals surface area contributed by atoms with E-state index in [9.17, 15) is 0 Å². The van der Waals surface area contributed by atoms with Crippen molar-refractivity contribution in [1.82, 2.24) is 4.57 Å². The van der Waals surface area contributed by atoms with E-state index in [0.29, 0.717) is 0 Å². The zero-order valence-electron chi connectivity index (χ0n) is 41.6. The number of hydrogen-bond acceptors (Lipinski definition) is 1. The molecule has 2 aliphatic carbocycles. The van der Waals surface area contributed by atoms with Gasteiger partial charge < -0.3 is 9.47 Å². The summed E-state index contributed by atoms with van der Waals surface area (Å²) in [5, 5.41) is 2.55. The molecule has 0 saturated carbocycles. The van der Waals surface area contributed by atoms with Crippen LogP contribution >= 0.6 is 0 Å². The second-order valence-corrected chi connectivity index (χ2v) is 20.6. The van der Waals surface area contributed by atoms with Crippen LogP contribution in [0, 0.1) is 0 Å². The van der Waals surface area contributed by atoms with Crippen molar-refractivity contribution in [2.24, 2.45) is 0 Å². The fourth-order valence-electron chi connectivity index (χ4n) is 14.1. The SMILES string of the molecule is c1ccc(-c2ccc(-c3ccc(N(c4ccc5c(c4)C(c4ccccc4)(c4ccccc4)c4ccccc4-5)c4cccc5c4-c4ccccc4C54c5ccccc5-n5c6ccccc6c6cccc4c65)cc3)cc2)cc1. The van der Waals surface area contributed by atoms with Gasteiger partial charge in [0.1, 0.15) is 0 Å². The number of rotatable bonds is 7. The summed E-state index contributed by atoms with van der Waals surface area (Å²) in [5.41, 5.74) is 26.0. The molecule has 1 unspecified atom stereocenters. The third-order valence-corrected chi connectivity index (χ3v) is 17.1. The Bertz CT molecular complexity index is 4400. The molecule has 0 N–H and O–H groups in total. The molecule has 3 aliphatic rings. The summed E-state index contributed by atoms with van der Waals surface area (Å²) in [6.07, 6.45) is 0. The smallest absolute Gasteiger partial charge is 0.0755 e. The quantitative estimate of drug-likeness (QED) is 0.155. The van der Waals surface area contributed by atoms with Gasteiger partial charge in [0, 0.05) is 27.7 Å². The maximum atomic E-state index is 2.55. The molecule has 12 aromatic carbocycles. The Morgan fingerprint density at radius 2 is 0.776 bits per heavy atom. The second kappa shape index (κ2) is 16.4. The van der Waals surface area contributed by atoms with Crippen molar-refractivity contribution in [2.45, 2.75) is 10.8 Å². The molecular weight excluding hydrogens is 917 g/mol.